The Kier molecular flexibility index (Phi) is 4.55. The molecule has 3 aromatic carbocycles. The van der Waals surface area contributed by atoms with Crippen molar-refractivity contribution in [1.29, 1.82) is 0 Å². The van der Waals surface area contributed by atoms with Crippen LogP contribution in [0.4, 0.5) is 5.69 Å². The number of anilines is 1. The lowest BCUT2D eigenvalue weighted by Crippen LogP contribution is -2.49. The highest BCUT2D eigenvalue weighted by Crippen LogP contribution is 2.43. The molecule has 1 aliphatic rings. The second kappa shape index (κ2) is 6.91. The van der Waals surface area contributed by atoms with Gasteiger partial charge in [0, 0.05) is 18.7 Å². The van der Waals surface area contributed by atoms with Gasteiger partial charge in [-0.3, -0.25) is 4.79 Å². The van der Waals surface area contributed by atoms with Crippen LogP contribution >= 0.6 is 0 Å². The number of rotatable bonds is 3. The van der Waals surface area contributed by atoms with Gasteiger partial charge in [0.05, 0.1) is 4.90 Å². The lowest BCUT2D eigenvalue weighted by molar-refractivity contribution is -0.118. The molecule has 3 aromatic rings. The minimum absolute atomic E-state index is 0.171. The van der Waals surface area contributed by atoms with Gasteiger partial charge in [-0.05, 0) is 36.2 Å². The van der Waals surface area contributed by atoms with E-state index in [1.54, 1.807) is 31.3 Å². The maximum absolute atomic E-state index is 13.6. The molecule has 142 valence electrons. The van der Waals surface area contributed by atoms with Crippen LogP contribution < -0.4 is 4.90 Å². The minimum Gasteiger partial charge on any atom is -0.314 e. The number of carbonyl (C=O) groups is 1. The van der Waals surface area contributed by atoms with E-state index in [1.807, 2.05) is 61.5 Å². The first-order chi connectivity index (χ1) is 13.4. The molecule has 28 heavy (non-hydrogen) atoms. The number of nitrogens with zero attached hydrogens (tertiary/aromatic N) is 1. The molecule has 0 aliphatic carbocycles. The molecule has 0 N–H and O–H groups in total. The van der Waals surface area contributed by atoms with Crippen molar-refractivity contribution in [2.45, 2.75) is 23.0 Å². The smallest absolute Gasteiger partial charge is 0.246 e. The fraction of sp³-hybridized carbons (Fsp3) is 0.174. The van der Waals surface area contributed by atoms with Crippen LogP contribution in [0.5, 0.6) is 0 Å². The SMILES string of the molecule is Cc1ccc(S(=O)(=O)[C@H]2C(=O)N(C)c3ccccc3[C@H]2c2ccccc2)cc1. The van der Waals surface area contributed by atoms with E-state index in [0.29, 0.717) is 0 Å². The van der Waals surface area contributed by atoms with Gasteiger partial charge < -0.3 is 4.90 Å². The number of para-hydroxylation sites is 1. The van der Waals surface area contributed by atoms with Gasteiger partial charge >= 0.3 is 0 Å². The first-order valence-electron chi connectivity index (χ1n) is 9.13. The molecule has 0 bridgehead atoms. The third kappa shape index (κ3) is 2.92. The molecule has 1 heterocycles. The molecular weight excluding hydrogens is 370 g/mol. The lowest BCUT2D eigenvalue weighted by atomic mass is 9.84. The first kappa shape index (κ1) is 18.4. The Morgan fingerprint density at radius 3 is 2.11 bits per heavy atom. The van der Waals surface area contributed by atoms with E-state index in [1.165, 1.54) is 4.90 Å². The summed E-state index contributed by atoms with van der Waals surface area (Å²) in [5.41, 5.74) is 3.38. The van der Waals surface area contributed by atoms with Gasteiger partial charge in [-0.2, -0.15) is 0 Å². The summed E-state index contributed by atoms with van der Waals surface area (Å²) in [7, 11) is -2.25. The van der Waals surface area contributed by atoms with Crippen LogP contribution in [0.1, 0.15) is 22.6 Å². The molecule has 0 unspecified atom stereocenters. The number of hydrogen-bond donors (Lipinski definition) is 0. The quantitative estimate of drug-likeness (QED) is 0.679. The van der Waals surface area contributed by atoms with Crippen LogP contribution in [-0.2, 0) is 14.6 Å². The predicted molar refractivity (Wildman–Crippen MR) is 110 cm³/mol. The fourth-order valence-electron chi connectivity index (χ4n) is 3.87. The van der Waals surface area contributed by atoms with Crippen molar-refractivity contribution >= 4 is 21.4 Å². The summed E-state index contributed by atoms with van der Waals surface area (Å²) < 4.78 is 27.2. The fourth-order valence-corrected chi connectivity index (χ4v) is 5.77. The number of amides is 1. The van der Waals surface area contributed by atoms with Gasteiger partial charge in [-0.15, -0.1) is 0 Å². The molecular formula is C23H21NO3S. The summed E-state index contributed by atoms with van der Waals surface area (Å²) in [6.45, 7) is 1.90. The first-order valence-corrected chi connectivity index (χ1v) is 10.7. The van der Waals surface area contributed by atoms with Crippen LogP contribution in [0.3, 0.4) is 0 Å². The highest BCUT2D eigenvalue weighted by atomic mass is 32.2. The summed E-state index contributed by atoms with van der Waals surface area (Å²) in [5, 5.41) is -1.21. The topological polar surface area (TPSA) is 54.5 Å². The Morgan fingerprint density at radius 1 is 0.821 bits per heavy atom. The third-order valence-corrected chi connectivity index (χ3v) is 7.42. The number of hydrogen-bond acceptors (Lipinski definition) is 3. The van der Waals surface area contributed by atoms with Gasteiger partial charge in [-0.25, -0.2) is 8.42 Å². The second-order valence-electron chi connectivity index (χ2n) is 7.12. The molecule has 0 fully saturated rings. The third-order valence-electron chi connectivity index (χ3n) is 5.35. The zero-order valence-corrected chi connectivity index (χ0v) is 16.6. The zero-order chi connectivity index (χ0) is 19.9. The number of sulfone groups is 1. The number of benzene rings is 3. The molecule has 0 spiro atoms. The van der Waals surface area contributed by atoms with Crippen LogP contribution in [0.15, 0.2) is 83.8 Å². The molecule has 0 aromatic heterocycles. The van der Waals surface area contributed by atoms with Crippen LogP contribution in [0.25, 0.3) is 0 Å². The predicted octanol–water partition coefficient (Wildman–Crippen LogP) is 3.95. The monoisotopic (exact) mass is 391 g/mol. The van der Waals surface area contributed by atoms with Gasteiger partial charge in [0.1, 0.15) is 0 Å². The van der Waals surface area contributed by atoms with Crippen molar-refractivity contribution in [1.82, 2.24) is 0 Å². The molecule has 4 nitrogen and oxygen atoms in total. The van der Waals surface area contributed by atoms with Crippen molar-refractivity contribution in [2.75, 3.05) is 11.9 Å². The number of aryl methyl sites for hydroxylation is 1. The summed E-state index contributed by atoms with van der Waals surface area (Å²) in [5.74, 6) is -0.972. The summed E-state index contributed by atoms with van der Waals surface area (Å²) in [4.78, 5) is 14.9. The molecule has 5 heteroatoms. The molecule has 1 amide bonds. The van der Waals surface area contributed by atoms with Gasteiger partial charge in [0.15, 0.2) is 15.1 Å². The van der Waals surface area contributed by atoms with Crippen LogP contribution in [-0.4, -0.2) is 26.6 Å². The van der Waals surface area contributed by atoms with Crippen molar-refractivity contribution in [2.24, 2.45) is 0 Å². The van der Waals surface area contributed by atoms with E-state index in [2.05, 4.69) is 0 Å². The van der Waals surface area contributed by atoms with E-state index in [0.717, 1.165) is 22.4 Å². The van der Waals surface area contributed by atoms with Crippen LogP contribution in [0.2, 0.25) is 0 Å². The average molecular weight is 391 g/mol. The normalized spacial score (nSPS) is 19.4. The standard InChI is InChI=1S/C23H21NO3S/c1-16-12-14-18(15-13-16)28(26,27)22-21(17-8-4-3-5-9-17)19-10-6-7-11-20(19)24(2)23(22)25/h3-15,21-22H,1-2H3/t21-,22-/m1/s1. The lowest BCUT2D eigenvalue weighted by Gasteiger charge is -2.37. The van der Waals surface area contributed by atoms with E-state index in [9.17, 15) is 13.2 Å². The highest BCUT2D eigenvalue weighted by Gasteiger charge is 2.47. The largest absolute Gasteiger partial charge is 0.314 e. The summed E-state index contributed by atoms with van der Waals surface area (Å²) in [6.07, 6.45) is 0. The molecule has 0 saturated heterocycles. The Bertz CT molecular complexity index is 1120. The molecule has 1 aliphatic heterocycles. The van der Waals surface area contributed by atoms with Crippen molar-refractivity contribution in [3.63, 3.8) is 0 Å². The minimum atomic E-state index is -3.89. The average Bonchev–Trinajstić information content (AvgIpc) is 2.71. The van der Waals surface area contributed by atoms with Gasteiger partial charge in [0.2, 0.25) is 5.91 Å². The molecule has 2 atom stereocenters. The van der Waals surface area contributed by atoms with Crippen molar-refractivity contribution in [3.05, 3.63) is 95.6 Å². The Morgan fingerprint density at radius 2 is 1.43 bits per heavy atom. The molecule has 0 radical (unpaired) electrons. The van der Waals surface area contributed by atoms with Gasteiger partial charge in [0.25, 0.3) is 0 Å². The Balaban J connectivity index is 1.96. The summed E-state index contributed by atoms with van der Waals surface area (Å²) in [6, 6.07) is 23.6. The van der Waals surface area contributed by atoms with E-state index < -0.39 is 26.9 Å². The van der Waals surface area contributed by atoms with E-state index >= 15 is 0 Å². The number of fused-ring (bicyclic) bond motifs is 1. The maximum Gasteiger partial charge on any atom is 0.246 e. The van der Waals surface area contributed by atoms with Crippen molar-refractivity contribution < 1.29 is 13.2 Å². The maximum atomic E-state index is 13.6. The van der Waals surface area contributed by atoms with E-state index in [4.69, 9.17) is 0 Å². The zero-order valence-electron chi connectivity index (χ0n) is 15.7. The van der Waals surface area contributed by atoms with Crippen LogP contribution in [0, 0.1) is 6.92 Å². The molecule has 4 rings (SSSR count). The van der Waals surface area contributed by atoms with Crippen molar-refractivity contribution in [3.8, 4) is 0 Å². The highest BCUT2D eigenvalue weighted by molar-refractivity contribution is 7.93. The van der Waals surface area contributed by atoms with Gasteiger partial charge in [-0.1, -0.05) is 66.2 Å². The molecule has 0 saturated carbocycles. The Labute approximate surface area is 165 Å². The second-order valence-corrected chi connectivity index (χ2v) is 9.19. The van der Waals surface area contributed by atoms with E-state index in [-0.39, 0.29) is 4.90 Å². The Hall–Kier alpha value is -2.92. The number of carbonyl (C=O) groups excluding carboxylic acids is 1. The summed E-state index contributed by atoms with van der Waals surface area (Å²) >= 11 is 0.